The average Bonchev–Trinajstić information content (AvgIpc) is 2.89. The molecule has 0 unspecified atom stereocenters. The third-order valence-corrected chi connectivity index (χ3v) is 3.65. The Kier molecular flexibility index (Phi) is 4.69. The minimum absolute atomic E-state index is 0.0706. The number of halogens is 1. The molecule has 0 saturated carbocycles. The van der Waals surface area contributed by atoms with Crippen LogP contribution < -0.4 is 4.74 Å². The van der Waals surface area contributed by atoms with Crippen molar-refractivity contribution in [1.82, 2.24) is 4.98 Å². The quantitative estimate of drug-likeness (QED) is 0.653. The van der Waals surface area contributed by atoms with E-state index in [2.05, 4.69) is 20.9 Å². The predicted octanol–water partition coefficient (Wildman–Crippen LogP) is 3.45. The summed E-state index contributed by atoms with van der Waals surface area (Å²) in [6, 6.07) is 2.95. The SMILES string of the molecule is C[C@H](O)c1cc(Br)cc([N+](=O)[O-])c1OCc1cscn1. The number of aromatic nitrogens is 1. The number of aliphatic hydroxyl groups is 1. The molecule has 8 heteroatoms. The number of nitro groups is 1. The first-order valence-electron chi connectivity index (χ1n) is 5.64. The topological polar surface area (TPSA) is 85.5 Å². The number of rotatable bonds is 5. The minimum Gasteiger partial charge on any atom is -0.480 e. The van der Waals surface area contributed by atoms with Crippen LogP contribution in [0.3, 0.4) is 0 Å². The van der Waals surface area contributed by atoms with Crippen LogP contribution in [0.5, 0.6) is 5.75 Å². The zero-order valence-corrected chi connectivity index (χ0v) is 12.8. The van der Waals surface area contributed by atoms with Crippen molar-refractivity contribution in [1.29, 1.82) is 0 Å². The van der Waals surface area contributed by atoms with Crippen molar-refractivity contribution in [2.75, 3.05) is 0 Å². The molecule has 1 heterocycles. The molecule has 1 atom stereocenters. The summed E-state index contributed by atoms with van der Waals surface area (Å²) in [7, 11) is 0. The molecule has 106 valence electrons. The second kappa shape index (κ2) is 6.29. The fourth-order valence-electron chi connectivity index (χ4n) is 1.66. The highest BCUT2D eigenvalue weighted by atomic mass is 79.9. The highest BCUT2D eigenvalue weighted by Crippen LogP contribution is 2.38. The number of nitro benzene ring substituents is 1. The summed E-state index contributed by atoms with van der Waals surface area (Å²) in [5.41, 5.74) is 2.51. The second-order valence-corrected chi connectivity index (χ2v) is 5.68. The number of nitrogens with zero attached hydrogens (tertiary/aromatic N) is 2. The summed E-state index contributed by atoms with van der Waals surface area (Å²) >= 11 is 4.61. The maximum absolute atomic E-state index is 11.1. The lowest BCUT2D eigenvalue weighted by Crippen LogP contribution is -2.04. The first-order valence-corrected chi connectivity index (χ1v) is 7.38. The fourth-order valence-corrected chi connectivity index (χ4v) is 2.66. The summed E-state index contributed by atoms with van der Waals surface area (Å²) in [6.07, 6.45) is -0.878. The zero-order chi connectivity index (χ0) is 14.7. The Labute approximate surface area is 127 Å². The Morgan fingerprint density at radius 1 is 1.60 bits per heavy atom. The third kappa shape index (κ3) is 3.33. The van der Waals surface area contributed by atoms with Gasteiger partial charge in [0, 0.05) is 21.5 Å². The van der Waals surface area contributed by atoms with Gasteiger partial charge in [-0.1, -0.05) is 15.9 Å². The van der Waals surface area contributed by atoms with Crippen LogP contribution in [0.15, 0.2) is 27.5 Å². The van der Waals surface area contributed by atoms with E-state index in [0.29, 0.717) is 15.7 Å². The molecule has 0 aliphatic rings. The van der Waals surface area contributed by atoms with Crippen molar-refractivity contribution >= 4 is 33.0 Å². The van der Waals surface area contributed by atoms with Gasteiger partial charge in [0.15, 0.2) is 0 Å². The predicted molar refractivity (Wildman–Crippen MR) is 77.9 cm³/mol. The van der Waals surface area contributed by atoms with Crippen LogP contribution in [0, 0.1) is 10.1 Å². The Morgan fingerprint density at radius 3 is 2.90 bits per heavy atom. The molecule has 2 aromatic rings. The number of hydrogen-bond donors (Lipinski definition) is 1. The standard InChI is InChI=1S/C12H11BrN2O4S/c1-7(16)10-2-8(13)3-11(15(17)18)12(10)19-4-9-5-20-6-14-9/h2-3,5-7,16H,4H2,1H3/t7-/m0/s1. The number of thiazole rings is 1. The van der Waals surface area contributed by atoms with E-state index in [1.165, 1.54) is 24.3 Å². The first kappa shape index (κ1) is 14.9. The normalized spacial score (nSPS) is 12.2. The largest absolute Gasteiger partial charge is 0.480 e. The Balaban J connectivity index is 2.39. The molecule has 0 aliphatic heterocycles. The van der Waals surface area contributed by atoms with E-state index < -0.39 is 11.0 Å². The molecule has 1 aromatic heterocycles. The molecule has 1 aromatic carbocycles. The molecule has 0 fully saturated rings. The van der Waals surface area contributed by atoms with Gasteiger partial charge in [-0.25, -0.2) is 4.98 Å². The number of hydrogen-bond acceptors (Lipinski definition) is 6. The van der Waals surface area contributed by atoms with Gasteiger partial charge in [0.1, 0.15) is 6.61 Å². The monoisotopic (exact) mass is 358 g/mol. The maximum Gasteiger partial charge on any atom is 0.312 e. The van der Waals surface area contributed by atoms with Crippen LogP contribution in [0.1, 0.15) is 24.3 Å². The lowest BCUT2D eigenvalue weighted by Gasteiger charge is -2.13. The molecule has 20 heavy (non-hydrogen) atoms. The molecule has 1 N–H and O–H groups in total. The van der Waals surface area contributed by atoms with Gasteiger partial charge >= 0.3 is 5.69 Å². The van der Waals surface area contributed by atoms with Crippen LogP contribution in [0.2, 0.25) is 0 Å². The molecule has 0 amide bonds. The average molecular weight is 359 g/mol. The van der Waals surface area contributed by atoms with Crippen molar-refractivity contribution in [2.24, 2.45) is 0 Å². The van der Waals surface area contributed by atoms with Crippen molar-refractivity contribution in [3.63, 3.8) is 0 Å². The van der Waals surface area contributed by atoms with Gasteiger partial charge in [0.2, 0.25) is 5.75 Å². The molecular weight excluding hydrogens is 348 g/mol. The van der Waals surface area contributed by atoms with E-state index in [0.717, 1.165) is 0 Å². The summed E-state index contributed by atoms with van der Waals surface area (Å²) in [5, 5.41) is 22.7. The van der Waals surface area contributed by atoms with E-state index >= 15 is 0 Å². The molecule has 0 radical (unpaired) electrons. The van der Waals surface area contributed by atoms with Crippen LogP contribution in [-0.4, -0.2) is 15.0 Å². The summed E-state index contributed by atoms with van der Waals surface area (Å²) in [4.78, 5) is 14.6. The smallest absolute Gasteiger partial charge is 0.312 e. The molecule has 6 nitrogen and oxygen atoms in total. The van der Waals surface area contributed by atoms with Crippen molar-refractivity contribution in [2.45, 2.75) is 19.6 Å². The Morgan fingerprint density at radius 2 is 2.35 bits per heavy atom. The number of aliphatic hydroxyl groups excluding tert-OH is 1. The highest BCUT2D eigenvalue weighted by Gasteiger charge is 2.23. The molecule has 0 spiro atoms. The van der Waals surface area contributed by atoms with E-state index in [9.17, 15) is 15.2 Å². The van der Waals surface area contributed by atoms with Crippen molar-refractivity contribution in [3.8, 4) is 5.75 Å². The molecule has 2 rings (SSSR count). The summed E-state index contributed by atoms with van der Waals surface area (Å²) in [6.45, 7) is 1.65. The first-order chi connectivity index (χ1) is 9.49. The highest BCUT2D eigenvalue weighted by molar-refractivity contribution is 9.10. The van der Waals surface area contributed by atoms with Gasteiger partial charge in [-0.05, 0) is 13.0 Å². The maximum atomic E-state index is 11.1. The number of benzene rings is 1. The van der Waals surface area contributed by atoms with Gasteiger partial charge in [0.25, 0.3) is 0 Å². The third-order valence-electron chi connectivity index (χ3n) is 2.56. The molecular formula is C12H11BrN2O4S. The molecule has 0 bridgehead atoms. The van der Waals surface area contributed by atoms with E-state index in [1.54, 1.807) is 17.0 Å². The van der Waals surface area contributed by atoms with E-state index in [-0.39, 0.29) is 18.0 Å². The van der Waals surface area contributed by atoms with Crippen molar-refractivity contribution in [3.05, 3.63) is 48.9 Å². The summed E-state index contributed by atoms with van der Waals surface area (Å²) in [5.74, 6) is 0.0706. The van der Waals surface area contributed by atoms with Gasteiger partial charge < -0.3 is 9.84 Å². The fraction of sp³-hybridized carbons (Fsp3) is 0.250. The van der Waals surface area contributed by atoms with Gasteiger partial charge in [-0.2, -0.15) is 0 Å². The van der Waals surface area contributed by atoms with E-state index in [1.807, 2.05) is 0 Å². The van der Waals surface area contributed by atoms with Crippen molar-refractivity contribution < 1.29 is 14.8 Å². The molecule has 0 saturated heterocycles. The van der Waals surface area contributed by atoms with Crippen LogP contribution in [0.25, 0.3) is 0 Å². The zero-order valence-electron chi connectivity index (χ0n) is 10.4. The van der Waals surface area contributed by atoms with Gasteiger partial charge in [0.05, 0.1) is 22.2 Å². The number of ether oxygens (including phenoxy) is 1. The van der Waals surface area contributed by atoms with E-state index in [4.69, 9.17) is 4.74 Å². The lowest BCUT2D eigenvalue weighted by atomic mass is 10.1. The van der Waals surface area contributed by atoms with Crippen LogP contribution >= 0.6 is 27.3 Å². The Bertz CT molecular complexity index is 616. The summed E-state index contributed by atoms with van der Waals surface area (Å²) < 4.78 is 6.03. The molecule has 0 aliphatic carbocycles. The van der Waals surface area contributed by atoms with Gasteiger partial charge in [-0.15, -0.1) is 11.3 Å². The van der Waals surface area contributed by atoms with Gasteiger partial charge in [-0.3, -0.25) is 10.1 Å². The second-order valence-electron chi connectivity index (χ2n) is 4.04. The van der Waals surface area contributed by atoms with Crippen LogP contribution in [0.4, 0.5) is 5.69 Å². The minimum atomic E-state index is -0.878. The lowest BCUT2D eigenvalue weighted by molar-refractivity contribution is -0.386. The van der Waals surface area contributed by atoms with Crippen LogP contribution in [-0.2, 0) is 6.61 Å². The Hall–Kier alpha value is -1.51.